The van der Waals surface area contributed by atoms with Gasteiger partial charge in [-0.3, -0.25) is 4.79 Å². The summed E-state index contributed by atoms with van der Waals surface area (Å²) in [5.74, 6) is 0.394. The number of aromatic amines is 2. The summed E-state index contributed by atoms with van der Waals surface area (Å²) in [4.78, 5) is 36.5. The molecule has 0 unspecified atom stereocenters. The number of benzene rings is 1. The number of Topliss-reactive ketones (excluding diaryl/α,β-unsaturated/α-hetero) is 1. The van der Waals surface area contributed by atoms with Crippen LogP contribution in [0.15, 0.2) is 41.5 Å². The minimum absolute atomic E-state index is 0.0878. The third-order valence-corrected chi connectivity index (χ3v) is 2.78. The molecule has 0 aliphatic carbocycles. The van der Waals surface area contributed by atoms with Gasteiger partial charge < -0.3 is 9.97 Å². The molecule has 2 heterocycles. The fourth-order valence-electron chi connectivity index (χ4n) is 1.87. The van der Waals surface area contributed by atoms with Crippen LogP contribution >= 0.6 is 0 Å². The number of fused-ring (bicyclic) bond motifs is 1. The first-order valence-corrected chi connectivity index (χ1v) is 5.73. The number of rotatable bonds is 3. The lowest BCUT2D eigenvalue weighted by atomic mass is 10.1. The van der Waals surface area contributed by atoms with Crippen molar-refractivity contribution in [3.05, 3.63) is 58.5 Å². The van der Waals surface area contributed by atoms with E-state index in [0.717, 1.165) is 0 Å². The van der Waals surface area contributed by atoms with Gasteiger partial charge in [0.05, 0.1) is 17.5 Å². The lowest BCUT2D eigenvalue weighted by molar-refractivity contribution is 0.0991. The average Bonchev–Trinajstić information content (AvgIpc) is 2.78. The Morgan fingerprint density at radius 2 is 1.84 bits per heavy atom. The van der Waals surface area contributed by atoms with Crippen molar-refractivity contribution in [2.75, 3.05) is 0 Å². The summed E-state index contributed by atoms with van der Waals surface area (Å²) >= 11 is 0. The molecule has 0 amide bonds. The number of H-pyrrole nitrogens is 2. The first-order chi connectivity index (χ1) is 9.22. The van der Waals surface area contributed by atoms with Gasteiger partial charge in [0.2, 0.25) is 0 Å². The van der Waals surface area contributed by atoms with Crippen LogP contribution in [0.5, 0.6) is 0 Å². The lowest BCUT2D eigenvalue weighted by Gasteiger charge is -2.00. The second kappa shape index (κ2) is 4.49. The minimum atomic E-state index is -0.286. The third kappa shape index (κ3) is 2.28. The molecular formula is C13H10N4O2. The zero-order valence-electron chi connectivity index (χ0n) is 9.88. The molecule has 19 heavy (non-hydrogen) atoms. The number of carbonyl (C=O) groups is 1. The van der Waals surface area contributed by atoms with Crippen LogP contribution in [-0.4, -0.2) is 25.7 Å². The van der Waals surface area contributed by atoms with Crippen LogP contribution in [0.1, 0.15) is 16.2 Å². The molecule has 3 rings (SSSR count). The second-order valence-corrected chi connectivity index (χ2v) is 4.10. The van der Waals surface area contributed by atoms with E-state index in [9.17, 15) is 9.59 Å². The molecule has 0 bridgehead atoms. The van der Waals surface area contributed by atoms with Crippen molar-refractivity contribution in [1.29, 1.82) is 0 Å². The highest BCUT2D eigenvalue weighted by Gasteiger charge is 2.10. The van der Waals surface area contributed by atoms with Gasteiger partial charge in [-0.05, 0) is 24.3 Å². The maximum absolute atomic E-state index is 12.1. The second-order valence-electron chi connectivity index (χ2n) is 4.10. The highest BCUT2D eigenvalue weighted by molar-refractivity contribution is 5.99. The molecule has 2 aromatic heterocycles. The van der Waals surface area contributed by atoms with Gasteiger partial charge in [-0.1, -0.05) is 0 Å². The summed E-state index contributed by atoms with van der Waals surface area (Å²) in [7, 11) is 0. The van der Waals surface area contributed by atoms with Gasteiger partial charge in [-0.2, -0.15) is 0 Å². The van der Waals surface area contributed by atoms with E-state index >= 15 is 0 Å². The standard InChI is InChI=1S/C13H10N4O2/c18-11(7-12-14-4-1-5-15-12)8-2-3-9-10(6-8)17-13(19)16-9/h1-6H,7H2,(H2,16,17,19). The summed E-state index contributed by atoms with van der Waals surface area (Å²) in [5, 5.41) is 0. The maximum atomic E-state index is 12.1. The van der Waals surface area contributed by atoms with Gasteiger partial charge in [0, 0.05) is 18.0 Å². The SMILES string of the molecule is O=C(Cc1ncccn1)c1ccc2[nH]c(=O)[nH]c2c1. The van der Waals surface area contributed by atoms with Crippen molar-refractivity contribution in [2.45, 2.75) is 6.42 Å². The van der Waals surface area contributed by atoms with E-state index < -0.39 is 0 Å². The Kier molecular flexibility index (Phi) is 2.68. The molecule has 6 nitrogen and oxygen atoms in total. The zero-order valence-corrected chi connectivity index (χ0v) is 9.88. The third-order valence-electron chi connectivity index (χ3n) is 2.78. The number of imidazole rings is 1. The van der Waals surface area contributed by atoms with E-state index in [1.807, 2.05) is 0 Å². The predicted molar refractivity (Wildman–Crippen MR) is 69.0 cm³/mol. The molecule has 6 heteroatoms. The predicted octanol–water partition coefficient (Wildman–Crippen LogP) is 1.07. The summed E-state index contributed by atoms with van der Waals surface area (Å²) in [5.41, 5.74) is 1.53. The Morgan fingerprint density at radius 3 is 2.63 bits per heavy atom. The Bertz CT molecular complexity index is 789. The van der Waals surface area contributed by atoms with Crippen LogP contribution in [0.25, 0.3) is 11.0 Å². The molecule has 0 atom stereocenters. The van der Waals surface area contributed by atoms with E-state index in [0.29, 0.717) is 22.4 Å². The van der Waals surface area contributed by atoms with Crippen molar-refractivity contribution in [3.63, 3.8) is 0 Å². The van der Waals surface area contributed by atoms with Crippen molar-refractivity contribution in [3.8, 4) is 0 Å². The lowest BCUT2D eigenvalue weighted by Crippen LogP contribution is -2.06. The van der Waals surface area contributed by atoms with Crippen molar-refractivity contribution < 1.29 is 4.79 Å². The number of aromatic nitrogens is 4. The van der Waals surface area contributed by atoms with Gasteiger partial charge in [0.15, 0.2) is 5.78 Å². The number of ketones is 1. The summed E-state index contributed by atoms with van der Waals surface area (Å²) < 4.78 is 0. The van der Waals surface area contributed by atoms with E-state index in [2.05, 4.69) is 19.9 Å². The van der Waals surface area contributed by atoms with Crippen LogP contribution in [-0.2, 0) is 6.42 Å². The number of hydrogen-bond acceptors (Lipinski definition) is 4. The first kappa shape index (κ1) is 11.3. The Labute approximate surface area is 107 Å². The van der Waals surface area contributed by atoms with E-state index in [1.54, 1.807) is 36.7 Å². The largest absolute Gasteiger partial charge is 0.323 e. The monoisotopic (exact) mass is 254 g/mol. The highest BCUT2D eigenvalue weighted by Crippen LogP contribution is 2.12. The summed E-state index contributed by atoms with van der Waals surface area (Å²) in [6, 6.07) is 6.73. The smallest absolute Gasteiger partial charge is 0.306 e. The molecule has 1 aromatic carbocycles. The number of nitrogens with zero attached hydrogens (tertiary/aromatic N) is 2. The van der Waals surface area contributed by atoms with Crippen molar-refractivity contribution in [1.82, 2.24) is 19.9 Å². The van der Waals surface area contributed by atoms with Gasteiger partial charge in [0.25, 0.3) is 0 Å². The Balaban J connectivity index is 1.91. The molecule has 2 N–H and O–H groups in total. The number of hydrogen-bond donors (Lipinski definition) is 2. The van der Waals surface area contributed by atoms with E-state index in [-0.39, 0.29) is 17.9 Å². The van der Waals surface area contributed by atoms with Crippen LogP contribution < -0.4 is 5.69 Å². The van der Waals surface area contributed by atoms with Gasteiger partial charge in [-0.15, -0.1) is 0 Å². The number of carbonyl (C=O) groups excluding carboxylic acids is 1. The van der Waals surface area contributed by atoms with Crippen molar-refractivity contribution in [2.24, 2.45) is 0 Å². The highest BCUT2D eigenvalue weighted by atomic mass is 16.1. The van der Waals surface area contributed by atoms with Gasteiger partial charge >= 0.3 is 5.69 Å². The van der Waals surface area contributed by atoms with E-state index in [4.69, 9.17) is 0 Å². The number of nitrogens with one attached hydrogen (secondary N) is 2. The van der Waals surface area contributed by atoms with Crippen LogP contribution in [0.3, 0.4) is 0 Å². The molecule has 0 aliphatic rings. The molecule has 0 aliphatic heterocycles. The van der Waals surface area contributed by atoms with Crippen molar-refractivity contribution >= 4 is 16.8 Å². The maximum Gasteiger partial charge on any atom is 0.323 e. The molecule has 0 radical (unpaired) electrons. The molecular weight excluding hydrogens is 244 g/mol. The molecule has 0 spiro atoms. The molecule has 94 valence electrons. The first-order valence-electron chi connectivity index (χ1n) is 5.73. The summed E-state index contributed by atoms with van der Waals surface area (Å²) in [6.07, 6.45) is 3.34. The summed E-state index contributed by atoms with van der Waals surface area (Å²) in [6.45, 7) is 0. The molecule has 0 saturated carbocycles. The van der Waals surface area contributed by atoms with E-state index in [1.165, 1.54) is 0 Å². The van der Waals surface area contributed by atoms with Gasteiger partial charge in [-0.25, -0.2) is 14.8 Å². The quantitative estimate of drug-likeness (QED) is 0.684. The Hall–Kier alpha value is -2.76. The minimum Gasteiger partial charge on any atom is -0.306 e. The topological polar surface area (TPSA) is 91.5 Å². The zero-order chi connectivity index (χ0) is 13.2. The van der Waals surface area contributed by atoms with Crippen LogP contribution in [0.2, 0.25) is 0 Å². The Morgan fingerprint density at radius 1 is 1.11 bits per heavy atom. The van der Waals surface area contributed by atoms with Crippen LogP contribution in [0.4, 0.5) is 0 Å². The van der Waals surface area contributed by atoms with Gasteiger partial charge in [0.1, 0.15) is 5.82 Å². The fraction of sp³-hybridized carbons (Fsp3) is 0.0769. The normalized spacial score (nSPS) is 10.7. The average molecular weight is 254 g/mol. The molecule has 3 aromatic rings. The van der Waals surface area contributed by atoms with Crippen LogP contribution in [0, 0.1) is 0 Å². The fourth-order valence-corrected chi connectivity index (χ4v) is 1.87. The molecule has 0 saturated heterocycles. The molecule has 0 fully saturated rings.